The molecule has 0 N–H and O–H groups in total. The maximum absolute atomic E-state index is 11.6. The van der Waals surface area contributed by atoms with Crippen molar-refractivity contribution in [2.24, 2.45) is 0 Å². The largest absolute Gasteiger partial charge is 0.649 e. The number of rotatable bonds is 1. The average molecular weight is 214 g/mol. The summed E-state index contributed by atoms with van der Waals surface area (Å²) in [5.74, 6) is -0.0738. The fourth-order valence-corrected chi connectivity index (χ4v) is 2.27. The van der Waals surface area contributed by atoms with Crippen LogP contribution in [0.15, 0.2) is 24.3 Å². The molecule has 0 unspecified atom stereocenters. The highest BCUT2D eigenvalue weighted by molar-refractivity contribution is 7.50. The summed E-state index contributed by atoms with van der Waals surface area (Å²) in [7, 11) is -3.76. The fourth-order valence-electron chi connectivity index (χ4n) is 1.06. The maximum Gasteiger partial charge on any atom is 0.649 e. The van der Waals surface area contributed by atoms with Crippen LogP contribution in [0.4, 0.5) is 0 Å². The lowest BCUT2D eigenvalue weighted by molar-refractivity contribution is -0.132. The van der Waals surface area contributed by atoms with E-state index in [-0.39, 0.29) is 0 Å². The van der Waals surface area contributed by atoms with Crippen molar-refractivity contribution in [2.45, 2.75) is 6.92 Å². The summed E-state index contributed by atoms with van der Waals surface area (Å²) >= 11 is 0. The summed E-state index contributed by atoms with van der Waals surface area (Å²) in [6.07, 6.45) is 0. The molecule has 6 heteroatoms. The van der Waals surface area contributed by atoms with Crippen LogP contribution in [0.1, 0.15) is 6.92 Å². The molecule has 0 radical (unpaired) electrons. The number of hydrogen-bond acceptors (Lipinski definition) is 5. The van der Waals surface area contributed by atoms with Crippen LogP contribution in [0.5, 0.6) is 11.5 Å². The van der Waals surface area contributed by atoms with E-state index in [9.17, 15) is 9.36 Å². The SMILES string of the molecule is CC(=O)OP1(=O)Oc2ccccc2O1. The second kappa shape index (κ2) is 3.03. The summed E-state index contributed by atoms with van der Waals surface area (Å²) in [5.41, 5.74) is 0. The van der Waals surface area contributed by atoms with Gasteiger partial charge in [-0.1, -0.05) is 12.1 Å². The first kappa shape index (κ1) is 9.09. The van der Waals surface area contributed by atoms with Gasteiger partial charge in [0, 0.05) is 6.92 Å². The number of benzene rings is 1. The normalized spacial score (nSPS) is 16.4. The van der Waals surface area contributed by atoms with E-state index < -0.39 is 13.8 Å². The molecule has 1 aromatic carbocycles. The fraction of sp³-hybridized carbons (Fsp3) is 0.125. The molecule has 0 amide bonds. The van der Waals surface area contributed by atoms with Gasteiger partial charge in [-0.2, -0.15) is 4.57 Å². The minimum Gasteiger partial charge on any atom is -0.382 e. The summed E-state index contributed by atoms with van der Waals surface area (Å²) in [5, 5.41) is 0. The van der Waals surface area contributed by atoms with Gasteiger partial charge in [-0.15, -0.1) is 0 Å². The van der Waals surface area contributed by atoms with Crippen molar-refractivity contribution in [1.82, 2.24) is 0 Å². The maximum atomic E-state index is 11.6. The molecule has 5 nitrogen and oxygen atoms in total. The Morgan fingerprint density at radius 3 is 2.21 bits per heavy atom. The van der Waals surface area contributed by atoms with Crippen molar-refractivity contribution < 1.29 is 22.9 Å². The highest BCUT2D eigenvalue weighted by Gasteiger charge is 2.41. The van der Waals surface area contributed by atoms with E-state index in [1.807, 2.05) is 0 Å². The molecule has 74 valence electrons. The molecule has 0 saturated carbocycles. The third-order valence-corrected chi connectivity index (χ3v) is 2.83. The number of phosphoric ester groups is 1. The number of hydrogen-bond donors (Lipinski definition) is 0. The van der Waals surface area contributed by atoms with E-state index in [4.69, 9.17) is 9.05 Å². The number of carbonyl (C=O) groups is 1. The zero-order valence-electron chi connectivity index (χ0n) is 7.30. The quantitative estimate of drug-likeness (QED) is 0.670. The van der Waals surface area contributed by atoms with Crippen LogP contribution < -0.4 is 9.05 Å². The van der Waals surface area contributed by atoms with Crippen molar-refractivity contribution in [3.05, 3.63) is 24.3 Å². The second-order valence-electron chi connectivity index (χ2n) is 2.66. The highest BCUT2D eigenvalue weighted by Crippen LogP contribution is 2.58. The van der Waals surface area contributed by atoms with Gasteiger partial charge >= 0.3 is 13.8 Å². The molecule has 0 saturated heterocycles. The Bertz CT molecular complexity index is 398. The van der Waals surface area contributed by atoms with Crippen LogP contribution in [0, 0.1) is 0 Å². The predicted octanol–water partition coefficient (Wildman–Crippen LogP) is 2.13. The standard InChI is InChI=1S/C8H7O5P/c1-6(9)11-14(10)12-7-4-2-3-5-8(7)13-14/h2-5H,1H3. The topological polar surface area (TPSA) is 61.8 Å². The first-order valence-electron chi connectivity index (χ1n) is 3.87. The van der Waals surface area contributed by atoms with E-state index in [1.54, 1.807) is 24.3 Å². The predicted molar refractivity (Wildman–Crippen MR) is 47.1 cm³/mol. The molecular formula is C8H7O5P. The summed E-state index contributed by atoms with van der Waals surface area (Å²) in [6, 6.07) is 6.56. The van der Waals surface area contributed by atoms with Crippen molar-refractivity contribution in [1.29, 1.82) is 0 Å². The zero-order chi connectivity index (χ0) is 10.2. The Balaban J connectivity index is 2.26. The molecule has 0 fully saturated rings. The summed E-state index contributed by atoms with van der Waals surface area (Å²) in [4.78, 5) is 10.6. The Hall–Kier alpha value is -1.48. The molecule has 0 spiro atoms. The van der Waals surface area contributed by atoms with E-state index in [0.29, 0.717) is 11.5 Å². The van der Waals surface area contributed by atoms with Crippen LogP contribution in [-0.2, 0) is 13.9 Å². The van der Waals surface area contributed by atoms with Crippen LogP contribution >= 0.6 is 7.82 Å². The molecule has 0 aromatic heterocycles. The van der Waals surface area contributed by atoms with Gasteiger partial charge in [0.2, 0.25) is 0 Å². The number of carbonyl (C=O) groups excluding carboxylic acids is 1. The van der Waals surface area contributed by atoms with Gasteiger partial charge < -0.3 is 13.6 Å². The van der Waals surface area contributed by atoms with Gasteiger partial charge in [-0.25, -0.2) is 0 Å². The molecule has 1 aromatic rings. The van der Waals surface area contributed by atoms with Gasteiger partial charge in [0.25, 0.3) is 0 Å². The minimum absolute atomic E-state index is 0.317. The molecule has 1 aliphatic rings. The molecule has 1 heterocycles. The van der Waals surface area contributed by atoms with Gasteiger partial charge in [-0.05, 0) is 12.1 Å². The van der Waals surface area contributed by atoms with E-state index >= 15 is 0 Å². The molecular weight excluding hydrogens is 207 g/mol. The first-order chi connectivity index (χ1) is 6.59. The third kappa shape index (κ3) is 1.59. The van der Waals surface area contributed by atoms with Crippen molar-refractivity contribution >= 4 is 13.8 Å². The van der Waals surface area contributed by atoms with Crippen LogP contribution in [0.3, 0.4) is 0 Å². The van der Waals surface area contributed by atoms with Gasteiger partial charge in [0.1, 0.15) is 0 Å². The van der Waals surface area contributed by atoms with Crippen LogP contribution in [0.2, 0.25) is 0 Å². The van der Waals surface area contributed by atoms with Crippen molar-refractivity contribution in [3.63, 3.8) is 0 Å². The Morgan fingerprint density at radius 1 is 1.29 bits per heavy atom. The molecule has 1 aliphatic heterocycles. The second-order valence-corrected chi connectivity index (χ2v) is 4.10. The smallest absolute Gasteiger partial charge is 0.382 e. The van der Waals surface area contributed by atoms with Crippen LogP contribution in [0.25, 0.3) is 0 Å². The third-order valence-electron chi connectivity index (χ3n) is 1.51. The van der Waals surface area contributed by atoms with Gasteiger partial charge in [0.05, 0.1) is 0 Å². The Morgan fingerprint density at radius 2 is 1.79 bits per heavy atom. The van der Waals surface area contributed by atoms with E-state index in [0.717, 1.165) is 6.92 Å². The number of para-hydroxylation sites is 2. The Labute approximate surface area is 80.2 Å². The molecule has 14 heavy (non-hydrogen) atoms. The molecule has 0 bridgehead atoms. The number of phosphoric acid groups is 1. The van der Waals surface area contributed by atoms with E-state index in [1.165, 1.54) is 0 Å². The zero-order valence-corrected chi connectivity index (χ0v) is 8.19. The lowest BCUT2D eigenvalue weighted by Crippen LogP contribution is -2.02. The molecule has 2 rings (SSSR count). The minimum atomic E-state index is -3.76. The van der Waals surface area contributed by atoms with E-state index in [2.05, 4.69) is 4.52 Å². The van der Waals surface area contributed by atoms with Crippen molar-refractivity contribution in [2.75, 3.05) is 0 Å². The van der Waals surface area contributed by atoms with Crippen LogP contribution in [-0.4, -0.2) is 5.97 Å². The average Bonchev–Trinajstić information content (AvgIpc) is 2.38. The lowest BCUT2D eigenvalue weighted by atomic mass is 10.3. The Kier molecular flexibility index (Phi) is 1.97. The summed E-state index contributed by atoms with van der Waals surface area (Å²) < 4.78 is 25.8. The lowest BCUT2D eigenvalue weighted by Gasteiger charge is -2.06. The number of fused-ring (bicyclic) bond motifs is 1. The molecule has 0 aliphatic carbocycles. The van der Waals surface area contributed by atoms with Gasteiger partial charge in [0.15, 0.2) is 11.5 Å². The van der Waals surface area contributed by atoms with Crippen molar-refractivity contribution in [3.8, 4) is 11.5 Å². The first-order valence-corrected chi connectivity index (χ1v) is 5.33. The summed E-state index contributed by atoms with van der Waals surface area (Å²) in [6.45, 7) is 1.13. The van der Waals surface area contributed by atoms with Gasteiger partial charge in [-0.3, -0.25) is 4.79 Å². The molecule has 0 atom stereocenters. The monoisotopic (exact) mass is 214 g/mol. The highest BCUT2D eigenvalue weighted by atomic mass is 31.2.